The number of nitrogens with zero attached hydrogens (tertiary/aromatic N) is 3. The van der Waals surface area contributed by atoms with Crippen molar-refractivity contribution in [2.24, 2.45) is 10.8 Å². The Balaban J connectivity index is 0.000000165. The molecule has 0 saturated heterocycles. The molecule has 16 rings (SSSR count). The summed E-state index contributed by atoms with van der Waals surface area (Å²) < 4.78 is 191. The van der Waals surface area contributed by atoms with Gasteiger partial charge in [0.15, 0.2) is 0 Å². The van der Waals surface area contributed by atoms with Crippen LogP contribution in [0.15, 0.2) is 263 Å². The minimum atomic E-state index is -4.45. The lowest BCUT2D eigenvalue weighted by atomic mass is 9.59. The Morgan fingerprint density at radius 2 is 0.554 bits per heavy atom. The van der Waals surface area contributed by atoms with Crippen LogP contribution in [0.2, 0.25) is 0 Å². The predicted octanol–water partition coefficient (Wildman–Crippen LogP) is 33.8. The van der Waals surface area contributed by atoms with Crippen molar-refractivity contribution in [3.8, 4) is 33.4 Å². The summed E-state index contributed by atoms with van der Waals surface area (Å²) in [7, 11) is 0. The van der Waals surface area contributed by atoms with Crippen LogP contribution < -0.4 is 14.7 Å². The fraction of sp³-hybridized carbons (Fsp3) is 0.301. The molecule has 9 heteroatoms. The molecule has 12 aromatic carbocycles. The first-order chi connectivity index (χ1) is 61.4. The third-order valence-corrected chi connectivity index (χ3v) is 28.3. The van der Waals surface area contributed by atoms with Crippen molar-refractivity contribution in [1.29, 1.82) is 0 Å². The number of hydrogen-bond donors (Lipinski definition) is 0. The van der Waals surface area contributed by atoms with Gasteiger partial charge in [0.2, 0.25) is 0 Å². The van der Waals surface area contributed by atoms with Crippen molar-refractivity contribution >= 4 is 147 Å². The van der Waals surface area contributed by atoms with Crippen LogP contribution in [-0.2, 0) is 32.5 Å². The van der Waals surface area contributed by atoms with Gasteiger partial charge in [0.1, 0.15) is 0 Å². The van der Waals surface area contributed by atoms with Crippen molar-refractivity contribution in [1.82, 2.24) is 0 Å². The number of hydrogen-bond acceptors (Lipinski definition) is 3. The molecule has 574 valence electrons. The Hall–Kier alpha value is -7.08. The molecule has 2 unspecified atom stereocenters. The van der Waals surface area contributed by atoms with Crippen LogP contribution in [-0.4, -0.2) is 0 Å². The molecule has 3 nitrogen and oxygen atoms in total. The van der Waals surface area contributed by atoms with Crippen LogP contribution in [0.1, 0.15) is 211 Å². The summed E-state index contributed by atoms with van der Waals surface area (Å²) in [4.78, 5) is 6.53. The zero-order valence-electron chi connectivity index (χ0n) is 86.5. The summed E-state index contributed by atoms with van der Waals surface area (Å²) in [5.41, 5.74) is 9.31. The Morgan fingerprint density at radius 1 is 0.268 bits per heavy atom. The lowest BCUT2D eigenvalue weighted by molar-refractivity contribution is 0.125. The zero-order valence-corrected chi connectivity index (χ0v) is 75.0. The highest BCUT2D eigenvalue weighted by atomic mass is 79.9. The Bertz CT molecular complexity index is 6270. The van der Waals surface area contributed by atoms with Crippen LogP contribution in [0.5, 0.6) is 0 Å². The van der Waals surface area contributed by atoms with Crippen molar-refractivity contribution in [3.05, 3.63) is 330 Å². The number of aryl methyl sites for hydroxylation is 6. The first-order valence-corrected chi connectivity index (χ1v) is 42.4. The van der Waals surface area contributed by atoms with Gasteiger partial charge in [-0.2, -0.15) is 0 Å². The van der Waals surface area contributed by atoms with Crippen molar-refractivity contribution in [2.45, 2.75) is 190 Å². The fourth-order valence-corrected chi connectivity index (χ4v) is 19.7. The minimum absolute atomic E-state index is 0.0823. The van der Waals surface area contributed by atoms with E-state index in [9.17, 15) is 4.11 Å². The molecule has 0 heterocycles. The SMILES string of the molecule is Cc1cc(N(c2ccc(Br)cc2)c2ccc(Br)cc2)cc(C)c1-c1ccc2c(c1)C1(C)CCC2(C)C1.[2H]C([2H])([2H])C1(C([2H])([2H])[2H])c2ccc(-c3c(C)cc(N(c4ccc(Br)cc4)c4ccc(Br)cc4)cc3C)cc2C(C([2H])([2H])[2H])(C([2H])([2H])[2H])C1(C([2H])([2H])[2H])C([2H])([2H])[2H].[2H]c1c([2H])c2c(c([2H])c1-c1c(C)cc(N(c3ccc(Br)cc3)c3ccc(Br)cc3)cc1C)C(C)(C)C(C)(C)C2(C)C. The van der Waals surface area contributed by atoms with Crippen LogP contribution >= 0.6 is 95.6 Å². The van der Waals surface area contributed by atoms with E-state index in [1.54, 1.807) is 25.0 Å². The molecule has 0 aromatic heterocycles. The smallest absolute Gasteiger partial charge is 0.0632 e. The van der Waals surface area contributed by atoms with Crippen LogP contribution in [0.3, 0.4) is 0 Å². The normalized spacial score (nSPS) is 21.9. The van der Waals surface area contributed by atoms with Crippen molar-refractivity contribution in [2.75, 3.05) is 14.7 Å². The largest absolute Gasteiger partial charge is 0.310 e. The second kappa shape index (κ2) is 30.2. The number of anilines is 9. The molecule has 0 amide bonds. The van der Waals surface area contributed by atoms with E-state index in [0.717, 1.165) is 107 Å². The molecule has 12 aromatic rings. The highest BCUT2D eigenvalue weighted by Gasteiger charge is 2.58. The zero-order chi connectivity index (χ0) is 98.1. The standard InChI is InChI=1S/2C35H37Br2N.C33H31Br2N/c2*1-22-19-29(38(27-14-10-25(36)11-15-27)28-16-12-26(37)13-17-28)20-23(2)32(22)24-9-18-30-31(21-24)34(5,6)35(7,8)33(30,3)4;1-21-17-28(36(26-10-6-24(34)7-11-26)27-12-8-25(35)9-13-27)18-22(2)31(21)23-5-14-29-30(19-23)33(4)16-15-32(29,3)20-33/h2*9-21H,1-8H3;5-14,17-19H,15-16,20H2,1-4H3/i3D3,4D3,5D3,6D3,7D3,8D3;9D,18D,21D;. The number of halogens is 6. The Labute approximate surface area is 748 Å². The lowest BCUT2D eigenvalue weighted by Crippen LogP contribution is -2.42. The summed E-state index contributed by atoms with van der Waals surface area (Å²) in [6.07, 6.45) is 3.93. The van der Waals surface area contributed by atoms with Gasteiger partial charge in [-0.1, -0.05) is 247 Å². The molecule has 0 N–H and O–H groups in total. The van der Waals surface area contributed by atoms with E-state index in [4.69, 9.17) is 24.7 Å². The Kier molecular flexibility index (Phi) is 15.8. The summed E-state index contributed by atoms with van der Waals surface area (Å²) in [5, 5.41) is 0. The maximum absolute atomic E-state index is 9.53. The monoisotopic (exact) mass is 1880 g/mol. The maximum atomic E-state index is 9.53. The van der Waals surface area contributed by atoms with E-state index in [1.165, 1.54) is 53.3 Å². The molecule has 112 heavy (non-hydrogen) atoms. The van der Waals surface area contributed by atoms with E-state index in [0.29, 0.717) is 44.8 Å². The summed E-state index contributed by atoms with van der Waals surface area (Å²) in [5.74, 6) is 0. The topological polar surface area (TPSA) is 9.72 Å². The highest BCUT2D eigenvalue weighted by molar-refractivity contribution is 9.11. The molecular formula is C103H105Br6N3. The molecule has 2 atom stereocenters. The minimum Gasteiger partial charge on any atom is -0.310 e. The first kappa shape index (κ1) is 58.7. The molecule has 1 saturated carbocycles. The van der Waals surface area contributed by atoms with Gasteiger partial charge in [0.05, 0.1) is 4.11 Å². The molecule has 2 bridgehead atoms. The predicted molar refractivity (Wildman–Crippen MR) is 503 cm³/mol. The van der Waals surface area contributed by atoms with Gasteiger partial charge < -0.3 is 14.7 Å². The third kappa shape index (κ3) is 14.4. The molecule has 0 radical (unpaired) electrons. The van der Waals surface area contributed by atoms with Gasteiger partial charge in [0, 0.05) is 103 Å². The molecule has 1 fully saturated rings. The molecule has 4 aliphatic rings. The van der Waals surface area contributed by atoms with Gasteiger partial charge in [0.25, 0.3) is 0 Å². The first-order valence-electron chi connectivity index (χ1n) is 48.2. The fourth-order valence-electron chi connectivity index (χ4n) is 18.1. The maximum Gasteiger partial charge on any atom is 0.0632 e. The van der Waals surface area contributed by atoms with Crippen molar-refractivity contribution in [3.63, 3.8) is 0 Å². The van der Waals surface area contributed by atoms with E-state index in [2.05, 4.69) is 304 Å². The molecule has 0 spiro atoms. The average Bonchev–Trinajstić information content (AvgIpc) is 1.44. The molecule has 0 aliphatic heterocycles. The summed E-state index contributed by atoms with van der Waals surface area (Å²) in [6, 6.07) is 72.5. The second-order valence-electron chi connectivity index (χ2n) is 33.2. The molecular weight excluding hydrogens is 1760 g/mol. The highest BCUT2D eigenvalue weighted by Crippen LogP contribution is 2.65. The number of rotatable bonds is 12. The van der Waals surface area contributed by atoms with Gasteiger partial charge in [-0.25, -0.2) is 0 Å². The van der Waals surface area contributed by atoms with Gasteiger partial charge in [-0.3, -0.25) is 0 Å². The van der Waals surface area contributed by atoms with Crippen LogP contribution in [0, 0.1) is 52.4 Å². The van der Waals surface area contributed by atoms with Crippen LogP contribution in [0.4, 0.5) is 51.2 Å². The quantitative estimate of drug-likeness (QED) is 0.121. The molecule has 4 aliphatic carbocycles. The van der Waals surface area contributed by atoms with Gasteiger partial charge in [-0.15, -0.1) is 0 Å². The number of fused-ring (bicyclic) bond motifs is 7. The van der Waals surface area contributed by atoms with Gasteiger partial charge in [-0.05, 0) is 386 Å². The lowest BCUT2D eigenvalue weighted by Gasteiger charge is -2.44. The third-order valence-electron chi connectivity index (χ3n) is 25.1. The average molecular weight is 1890 g/mol. The van der Waals surface area contributed by atoms with Gasteiger partial charge >= 0.3 is 0 Å². The van der Waals surface area contributed by atoms with E-state index in [1.807, 2.05) is 89.8 Å². The Morgan fingerprint density at radius 3 is 0.875 bits per heavy atom. The number of benzene rings is 12. The van der Waals surface area contributed by atoms with E-state index in [-0.39, 0.29) is 33.9 Å². The second-order valence-corrected chi connectivity index (χ2v) is 38.7. The van der Waals surface area contributed by atoms with E-state index < -0.39 is 68.5 Å². The van der Waals surface area contributed by atoms with Crippen molar-refractivity contribution < 1.29 is 28.8 Å². The summed E-state index contributed by atoms with van der Waals surface area (Å²) in [6.45, 7) is 5.10. The summed E-state index contributed by atoms with van der Waals surface area (Å²) >= 11 is 21.2. The van der Waals surface area contributed by atoms with Crippen LogP contribution in [0.25, 0.3) is 33.4 Å². The van der Waals surface area contributed by atoms with E-state index >= 15 is 0 Å².